The van der Waals surface area contributed by atoms with E-state index < -0.39 is 0 Å². The topological polar surface area (TPSA) is 69.8 Å². The highest BCUT2D eigenvalue weighted by atomic mass is 16.3. The molecule has 1 atom stereocenters. The van der Waals surface area contributed by atoms with Crippen molar-refractivity contribution in [3.63, 3.8) is 0 Å². The molecule has 5 heteroatoms. The molecule has 1 fully saturated rings. The molecule has 0 radical (unpaired) electrons. The van der Waals surface area contributed by atoms with Crippen LogP contribution < -0.4 is 5.73 Å². The third-order valence-corrected chi connectivity index (χ3v) is 3.84. The zero-order chi connectivity index (χ0) is 14.3. The second-order valence-electron chi connectivity index (χ2n) is 5.71. The van der Waals surface area contributed by atoms with Crippen LogP contribution >= 0.6 is 0 Å². The van der Waals surface area contributed by atoms with Gasteiger partial charge in [-0.05, 0) is 52.7 Å². The van der Waals surface area contributed by atoms with E-state index in [1.54, 1.807) is 0 Å². The van der Waals surface area contributed by atoms with Crippen molar-refractivity contribution in [1.29, 1.82) is 0 Å². The molecule has 3 N–H and O–H groups in total. The zero-order valence-corrected chi connectivity index (χ0v) is 12.3. The Morgan fingerprint density at radius 2 is 2.11 bits per heavy atom. The minimum absolute atomic E-state index is 0.0470. The number of nitrogens with two attached hydrogens (primary N) is 1. The average molecular weight is 271 g/mol. The predicted octanol–water partition coefficient (Wildman–Crippen LogP) is 0.419. The monoisotopic (exact) mass is 271 g/mol. The van der Waals surface area contributed by atoms with Gasteiger partial charge >= 0.3 is 0 Å². The highest BCUT2D eigenvalue weighted by molar-refractivity contribution is 5.76. The van der Waals surface area contributed by atoms with Crippen molar-refractivity contribution >= 4 is 5.91 Å². The van der Waals surface area contributed by atoms with Gasteiger partial charge < -0.3 is 20.6 Å². The van der Waals surface area contributed by atoms with Gasteiger partial charge in [0.25, 0.3) is 0 Å². The van der Waals surface area contributed by atoms with Crippen LogP contribution in [0.4, 0.5) is 0 Å². The Hall–Kier alpha value is -0.650. The second kappa shape index (κ2) is 8.51. The molecule has 1 unspecified atom stereocenters. The van der Waals surface area contributed by atoms with Gasteiger partial charge in [0.1, 0.15) is 0 Å². The van der Waals surface area contributed by atoms with Gasteiger partial charge in [0.15, 0.2) is 0 Å². The quantitative estimate of drug-likeness (QED) is 0.704. The van der Waals surface area contributed by atoms with Crippen molar-refractivity contribution in [3.8, 4) is 0 Å². The number of piperidine rings is 1. The van der Waals surface area contributed by atoms with Gasteiger partial charge in [-0.25, -0.2) is 0 Å². The van der Waals surface area contributed by atoms with Crippen molar-refractivity contribution in [3.05, 3.63) is 0 Å². The third-order valence-electron chi connectivity index (χ3n) is 3.84. The molecular formula is C14H29N3O2. The van der Waals surface area contributed by atoms with E-state index in [9.17, 15) is 4.79 Å². The van der Waals surface area contributed by atoms with E-state index in [0.29, 0.717) is 19.0 Å². The lowest BCUT2D eigenvalue weighted by molar-refractivity contribution is -0.135. The van der Waals surface area contributed by atoms with E-state index >= 15 is 0 Å². The fourth-order valence-corrected chi connectivity index (χ4v) is 2.64. The van der Waals surface area contributed by atoms with Gasteiger partial charge in [0, 0.05) is 25.0 Å². The molecule has 0 spiro atoms. The highest BCUT2D eigenvalue weighted by Crippen LogP contribution is 2.17. The molecule has 0 aromatic carbocycles. The molecule has 19 heavy (non-hydrogen) atoms. The minimum Gasteiger partial charge on any atom is -0.395 e. The zero-order valence-electron chi connectivity index (χ0n) is 12.3. The molecule has 5 nitrogen and oxygen atoms in total. The Kier molecular flexibility index (Phi) is 7.34. The van der Waals surface area contributed by atoms with Crippen molar-refractivity contribution in [1.82, 2.24) is 9.80 Å². The summed E-state index contributed by atoms with van der Waals surface area (Å²) in [5, 5.41) is 9.16. The van der Waals surface area contributed by atoms with Crippen LogP contribution in [0.15, 0.2) is 0 Å². The fourth-order valence-electron chi connectivity index (χ4n) is 2.64. The number of hydrogen-bond donors (Lipinski definition) is 2. The van der Waals surface area contributed by atoms with Gasteiger partial charge in [-0.1, -0.05) is 0 Å². The largest absolute Gasteiger partial charge is 0.395 e. The van der Waals surface area contributed by atoms with Crippen LogP contribution in [0.2, 0.25) is 0 Å². The average Bonchev–Trinajstić information content (AvgIpc) is 2.36. The number of likely N-dealkylation sites (tertiary alicyclic amines) is 1. The predicted molar refractivity (Wildman–Crippen MR) is 76.8 cm³/mol. The van der Waals surface area contributed by atoms with E-state index in [-0.39, 0.29) is 18.6 Å². The summed E-state index contributed by atoms with van der Waals surface area (Å²) in [6.45, 7) is 4.53. The standard InChI is InChI=1S/C14H29N3O2/c1-12(15)4-3-5-14(19)17(10-11-18)13-6-8-16(2)9-7-13/h12-13,18H,3-11,15H2,1-2H3. The first-order valence-corrected chi connectivity index (χ1v) is 7.39. The molecule has 0 aliphatic carbocycles. The molecule has 0 aromatic heterocycles. The van der Waals surface area contributed by atoms with Crippen LogP contribution in [0.3, 0.4) is 0 Å². The molecular weight excluding hydrogens is 242 g/mol. The number of aliphatic hydroxyl groups excluding tert-OH is 1. The Bertz CT molecular complexity index is 263. The molecule has 1 heterocycles. The maximum atomic E-state index is 12.3. The number of rotatable bonds is 7. The number of aliphatic hydroxyl groups is 1. The number of hydrogen-bond acceptors (Lipinski definition) is 4. The number of carbonyl (C=O) groups is 1. The number of amides is 1. The Balaban J connectivity index is 2.44. The smallest absolute Gasteiger partial charge is 0.222 e. The van der Waals surface area contributed by atoms with E-state index in [1.165, 1.54) is 0 Å². The highest BCUT2D eigenvalue weighted by Gasteiger charge is 2.26. The summed E-state index contributed by atoms with van der Waals surface area (Å²) in [7, 11) is 2.11. The van der Waals surface area contributed by atoms with Crippen LogP contribution in [0.5, 0.6) is 0 Å². The molecule has 0 bridgehead atoms. The van der Waals surface area contributed by atoms with Crippen LogP contribution in [0.1, 0.15) is 39.0 Å². The molecule has 1 amide bonds. The van der Waals surface area contributed by atoms with Crippen LogP contribution in [-0.4, -0.2) is 66.2 Å². The van der Waals surface area contributed by atoms with Gasteiger partial charge in [0.05, 0.1) is 6.61 Å². The van der Waals surface area contributed by atoms with Gasteiger partial charge in [-0.2, -0.15) is 0 Å². The van der Waals surface area contributed by atoms with Crippen molar-refractivity contribution in [2.24, 2.45) is 5.73 Å². The van der Waals surface area contributed by atoms with Crippen molar-refractivity contribution in [2.75, 3.05) is 33.3 Å². The summed E-state index contributed by atoms with van der Waals surface area (Å²) in [6, 6.07) is 0.452. The number of carbonyl (C=O) groups excluding carboxylic acids is 1. The minimum atomic E-state index is 0.0470. The van der Waals surface area contributed by atoms with Crippen LogP contribution in [0, 0.1) is 0 Å². The summed E-state index contributed by atoms with van der Waals surface area (Å²) >= 11 is 0. The van der Waals surface area contributed by atoms with E-state index in [4.69, 9.17) is 10.8 Å². The van der Waals surface area contributed by atoms with E-state index in [2.05, 4.69) is 11.9 Å². The SMILES string of the molecule is CC(N)CCCC(=O)N(CCO)C1CCN(C)CC1. The summed E-state index contributed by atoms with van der Waals surface area (Å²) in [4.78, 5) is 16.4. The lowest BCUT2D eigenvalue weighted by Crippen LogP contribution is -2.47. The Morgan fingerprint density at radius 3 is 2.63 bits per heavy atom. The van der Waals surface area contributed by atoms with Gasteiger partial charge in [-0.15, -0.1) is 0 Å². The normalized spacial score (nSPS) is 19.4. The molecule has 1 aliphatic heterocycles. The molecule has 0 saturated carbocycles. The summed E-state index contributed by atoms with van der Waals surface area (Å²) < 4.78 is 0. The Labute approximate surface area is 116 Å². The lowest BCUT2D eigenvalue weighted by atomic mass is 10.0. The van der Waals surface area contributed by atoms with Crippen molar-refractivity contribution in [2.45, 2.75) is 51.1 Å². The summed E-state index contributed by atoms with van der Waals surface area (Å²) in [6.07, 6.45) is 4.29. The molecule has 112 valence electrons. The maximum Gasteiger partial charge on any atom is 0.222 e. The first-order valence-electron chi connectivity index (χ1n) is 7.39. The third kappa shape index (κ3) is 5.89. The van der Waals surface area contributed by atoms with Crippen molar-refractivity contribution < 1.29 is 9.90 Å². The van der Waals surface area contributed by atoms with Crippen LogP contribution in [-0.2, 0) is 4.79 Å². The second-order valence-corrected chi connectivity index (χ2v) is 5.71. The van der Waals surface area contributed by atoms with Gasteiger partial charge in [0.2, 0.25) is 5.91 Å². The first-order chi connectivity index (χ1) is 9.04. The first kappa shape index (κ1) is 16.4. The number of nitrogens with zero attached hydrogens (tertiary/aromatic N) is 2. The Morgan fingerprint density at radius 1 is 1.47 bits per heavy atom. The summed E-state index contributed by atoms with van der Waals surface area (Å²) in [5.74, 6) is 0.171. The molecule has 1 aliphatic rings. The summed E-state index contributed by atoms with van der Waals surface area (Å²) in [5.41, 5.74) is 5.70. The van der Waals surface area contributed by atoms with E-state index in [1.807, 2.05) is 11.8 Å². The fraction of sp³-hybridized carbons (Fsp3) is 0.929. The molecule has 0 aromatic rings. The lowest BCUT2D eigenvalue weighted by Gasteiger charge is -2.37. The van der Waals surface area contributed by atoms with Crippen LogP contribution in [0.25, 0.3) is 0 Å². The van der Waals surface area contributed by atoms with E-state index in [0.717, 1.165) is 38.8 Å². The molecule has 1 saturated heterocycles. The van der Waals surface area contributed by atoms with Gasteiger partial charge in [-0.3, -0.25) is 4.79 Å². The molecule has 1 rings (SSSR count). The maximum absolute atomic E-state index is 12.3.